The molecule has 0 saturated carbocycles. The first-order chi connectivity index (χ1) is 6.98. The molecule has 0 radical (unpaired) electrons. The molecular weight excluding hydrogens is 186 g/mol. The maximum absolute atomic E-state index is 4.68. The van der Waals surface area contributed by atoms with E-state index in [4.69, 9.17) is 0 Å². The Bertz CT molecular complexity index is 350. The van der Waals surface area contributed by atoms with Crippen molar-refractivity contribution in [2.75, 3.05) is 6.54 Å². The van der Waals surface area contributed by atoms with Crippen LogP contribution in [0.2, 0.25) is 0 Å². The number of hydrogen-bond acceptors (Lipinski definition) is 2. The fourth-order valence-corrected chi connectivity index (χ4v) is 2.03. The zero-order valence-corrected chi connectivity index (χ0v) is 10.2. The highest BCUT2D eigenvalue weighted by Gasteiger charge is 2.24. The second kappa shape index (κ2) is 3.63. The summed E-state index contributed by atoms with van der Waals surface area (Å²) in [5, 5.41) is 8.17. The summed E-state index contributed by atoms with van der Waals surface area (Å²) in [6.45, 7) is 12.0. The van der Waals surface area contributed by atoms with Crippen LogP contribution in [0.1, 0.15) is 45.0 Å². The Labute approximate surface area is 91.9 Å². The summed E-state index contributed by atoms with van der Waals surface area (Å²) in [5.41, 5.74) is 2.83. The van der Waals surface area contributed by atoms with E-state index in [0.717, 1.165) is 19.6 Å². The van der Waals surface area contributed by atoms with Gasteiger partial charge in [0.2, 0.25) is 0 Å². The Kier molecular flexibility index (Phi) is 2.59. The van der Waals surface area contributed by atoms with E-state index in [1.54, 1.807) is 0 Å². The summed E-state index contributed by atoms with van der Waals surface area (Å²) in [4.78, 5) is 0. The van der Waals surface area contributed by atoms with Gasteiger partial charge in [0.05, 0.1) is 11.4 Å². The molecule has 2 heterocycles. The first-order valence-corrected chi connectivity index (χ1v) is 5.75. The van der Waals surface area contributed by atoms with E-state index < -0.39 is 0 Å². The molecule has 0 atom stereocenters. The van der Waals surface area contributed by atoms with Gasteiger partial charge in [0.15, 0.2) is 0 Å². The van der Waals surface area contributed by atoms with Gasteiger partial charge in [0.1, 0.15) is 0 Å². The van der Waals surface area contributed by atoms with Gasteiger partial charge in [0, 0.05) is 19.6 Å². The van der Waals surface area contributed by atoms with Crippen LogP contribution in [0, 0.1) is 5.41 Å². The molecule has 1 aromatic heterocycles. The first kappa shape index (κ1) is 10.7. The third kappa shape index (κ3) is 2.23. The molecule has 1 aliphatic rings. The van der Waals surface area contributed by atoms with Gasteiger partial charge >= 0.3 is 0 Å². The zero-order chi connectivity index (χ0) is 11.1. The summed E-state index contributed by atoms with van der Waals surface area (Å²) in [6, 6.07) is 2.24. The molecule has 3 heteroatoms. The normalized spacial score (nSPS) is 20.1. The average Bonchev–Trinajstić information content (AvgIpc) is 2.42. The fraction of sp³-hybridized carbons (Fsp3) is 0.750. The van der Waals surface area contributed by atoms with E-state index in [2.05, 4.69) is 48.9 Å². The lowest BCUT2D eigenvalue weighted by Crippen LogP contribution is -2.29. The van der Waals surface area contributed by atoms with Crippen LogP contribution in [0.4, 0.5) is 0 Å². The van der Waals surface area contributed by atoms with Crippen LogP contribution >= 0.6 is 0 Å². The largest absolute Gasteiger partial charge is 0.311 e. The SMILES string of the molecule is CC(C)c1cc2n(n1)CC(C)(C)CNC2. The minimum Gasteiger partial charge on any atom is -0.311 e. The van der Waals surface area contributed by atoms with Gasteiger partial charge in [-0.2, -0.15) is 5.10 Å². The lowest BCUT2D eigenvalue weighted by atomic mass is 9.94. The van der Waals surface area contributed by atoms with Crippen molar-refractivity contribution < 1.29 is 0 Å². The lowest BCUT2D eigenvalue weighted by Gasteiger charge is -2.22. The van der Waals surface area contributed by atoms with E-state index >= 15 is 0 Å². The molecule has 3 nitrogen and oxygen atoms in total. The van der Waals surface area contributed by atoms with Crippen LogP contribution in [0.25, 0.3) is 0 Å². The Balaban J connectivity index is 2.31. The topological polar surface area (TPSA) is 29.9 Å². The minimum absolute atomic E-state index is 0.297. The monoisotopic (exact) mass is 207 g/mol. The molecule has 15 heavy (non-hydrogen) atoms. The Morgan fingerprint density at radius 2 is 2.20 bits per heavy atom. The van der Waals surface area contributed by atoms with Gasteiger partial charge in [-0.3, -0.25) is 4.68 Å². The molecule has 0 fully saturated rings. The van der Waals surface area contributed by atoms with E-state index in [9.17, 15) is 0 Å². The number of nitrogens with one attached hydrogen (secondary N) is 1. The highest BCUT2D eigenvalue weighted by Crippen LogP contribution is 2.23. The van der Waals surface area contributed by atoms with E-state index in [1.807, 2.05) is 0 Å². The van der Waals surface area contributed by atoms with E-state index in [1.165, 1.54) is 11.4 Å². The van der Waals surface area contributed by atoms with Gasteiger partial charge < -0.3 is 5.32 Å². The second-order valence-corrected chi connectivity index (χ2v) is 5.64. The molecule has 0 aromatic carbocycles. The van der Waals surface area contributed by atoms with Gasteiger partial charge in [-0.1, -0.05) is 27.7 Å². The van der Waals surface area contributed by atoms with Crippen LogP contribution in [0.15, 0.2) is 6.07 Å². The summed E-state index contributed by atoms with van der Waals surface area (Å²) in [6.07, 6.45) is 0. The molecule has 1 N–H and O–H groups in total. The standard InChI is InChI=1S/C12H21N3/c1-9(2)11-5-10-6-13-7-12(3,4)8-15(10)14-11/h5,9,13H,6-8H2,1-4H3. The summed E-state index contributed by atoms with van der Waals surface area (Å²) < 4.78 is 2.18. The molecule has 0 saturated heterocycles. The predicted octanol–water partition coefficient (Wildman–Crippen LogP) is 2.14. The van der Waals surface area contributed by atoms with Crippen molar-refractivity contribution in [2.45, 2.75) is 46.7 Å². The van der Waals surface area contributed by atoms with Crippen LogP contribution in [0.3, 0.4) is 0 Å². The molecule has 0 aliphatic carbocycles. The molecular formula is C12H21N3. The van der Waals surface area contributed by atoms with Crippen molar-refractivity contribution in [3.63, 3.8) is 0 Å². The smallest absolute Gasteiger partial charge is 0.0653 e. The van der Waals surface area contributed by atoms with Crippen LogP contribution < -0.4 is 5.32 Å². The average molecular weight is 207 g/mol. The van der Waals surface area contributed by atoms with Crippen LogP contribution in [-0.4, -0.2) is 16.3 Å². The number of fused-ring (bicyclic) bond motifs is 1. The number of rotatable bonds is 1. The fourth-order valence-electron chi connectivity index (χ4n) is 2.03. The van der Waals surface area contributed by atoms with E-state index in [-0.39, 0.29) is 0 Å². The molecule has 0 spiro atoms. The van der Waals surface area contributed by atoms with Crippen LogP contribution in [0.5, 0.6) is 0 Å². The molecule has 1 aliphatic heterocycles. The summed E-state index contributed by atoms with van der Waals surface area (Å²) in [5.74, 6) is 0.521. The van der Waals surface area contributed by atoms with Crippen molar-refractivity contribution in [3.8, 4) is 0 Å². The van der Waals surface area contributed by atoms with Gasteiger partial charge in [-0.15, -0.1) is 0 Å². The van der Waals surface area contributed by atoms with Crippen LogP contribution in [-0.2, 0) is 13.1 Å². The maximum Gasteiger partial charge on any atom is 0.0653 e. The van der Waals surface area contributed by atoms with Gasteiger partial charge in [0.25, 0.3) is 0 Å². The van der Waals surface area contributed by atoms with Gasteiger partial charge in [-0.25, -0.2) is 0 Å². The van der Waals surface area contributed by atoms with Crippen molar-refractivity contribution in [2.24, 2.45) is 5.41 Å². The van der Waals surface area contributed by atoms with Crippen molar-refractivity contribution in [3.05, 3.63) is 17.5 Å². The molecule has 0 amide bonds. The zero-order valence-electron chi connectivity index (χ0n) is 10.2. The van der Waals surface area contributed by atoms with Gasteiger partial charge in [-0.05, 0) is 17.4 Å². The Hall–Kier alpha value is -0.830. The van der Waals surface area contributed by atoms with Crippen molar-refractivity contribution in [1.29, 1.82) is 0 Å². The molecule has 84 valence electrons. The van der Waals surface area contributed by atoms with Crippen molar-refractivity contribution in [1.82, 2.24) is 15.1 Å². The molecule has 1 aromatic rings. The Morgan fingerprint density at radius 1 is 1.47 bits per heavy atom. The van der Waals surface area contributed by atoms with E-state index in [0.29, 0.717) is 11.3 Å². The Morgan fingerprint density at radius 3 is 2.87 bits per heavy atom. The predicted molar refractivity (Wildman–Crippen MR) is 61.8 cm³/mol. The number of aromatic nitrogens is 2. The van der Waals surface area contributed by atoms with Crippen molar-refractivity contribution >= 4 is 0 Å². The molecule has 0 unspecified atom stereocenters. The highest BCUT2D eigenvalue weighted by atomic mass is 15.3. The minimum atomic E-state index is 0.297. The molecule has 2 rings (SSSR count). The molecule has 0 bridgehead atoms. The second-order valence-electron chi connectivity index (χ2n) is 5.64. The highest BCUT2D eigenvalue weighted by molar-refractivity contribution is 5.14. The number of hydrogen-bond donors (Lipinski definition) is 1. The maximum atomic E-state index is 4.68. The third-order valence-corrected chi connectivity index (χ3v) is 2.96. The third-order valence-electron chi connectivity index (χ3n) is 2.96. The number of nitrogens with zero attached hydrogens (tertiary/aromatic N) is 2. The quantitative estimate of drug-likeness (QED) is 0.764. The first-order valence-electron chi connectivity index (χ1n) is 5.75. The summed E-state index contributed by atoms with van der Waals surface area (Å²) in [7, 11) is 0. The summed E-state index contributed by atoms with van der Waals surface area (Å²) >= 11 is 0. The lowest BCUT2D eigenvalue weighted by molar-refractivity contribution is 0.293.